The number of amides is 1. The molecule has 2 aromatic rings. The maximum atomic E-state index is 12.0. The molecule has 5 heteroatoms. The fourth-order valence-corrected chi connectivity index (χ4v) is 1.95. The van der Waals surface area contributed by atoms with Crippen LogP contribution in [0, 0.1) is 6.92 Å². The number of ether oxygens (including phenoxy) is 1. The Balaban J connectivity index is 1.99. The van der Waals surface area contributed by atoms with Gasteiger partial charge in [0.15, 0.2) is 6.61 Å². The molecule has 0 aliphatic rings. The van der Waals surface area contributed by atoms with Crippen molar-refractivity contribution in [3.8, 4) is 5.75 Å². The number of aliphatic carboxylic acids is 1. The molecule has 0 fully saturated rings. The minimum absolute atomic E-state index is 0.160. The van der Waals surface area contributed by atoms with Crippen LogP contribution in [0.15, 0.2) is 54.6 Å². The highest BCUT2D eigenvalue weighted by atomic mass is 16.5. The smallest absolute Gasteiger partial charge is 0.328 e. The summed E-state index contributed by atoms with van der Waals surface area (Å²) in [6, 6.07) is 14.4. The van der Waals surface area contributed by atoms with Gasteiger partial charge in [-0.15, -0.1) is 0 Å². The first-order valence-electron chi connectivity index (χ1n) is 7.04. The van der Waals surface area contributed by atoms with Crippen LogP contribution >= 0.6 is 0 Å². The number of para-hydroxylation sites is 2. The Hall–Kier alpha value is -3.08. The third-order valence-electron chi connectivity index (χ3n) is 3.10. The van der Waals surface area contributed by atoms with E-state index in [1.165, 1.54) is 6.08 Å². The first kappa shape index (κ1) is 16.3. The maximum Gasteiger partial charge on any atom is 0.328 e. The van der Waals surface area contributed by atoms with Crippen LogP contribution in [-0.4, -0.2) is 23.6 Å². The molecule has 118 valence electrons. The van der Waals surface area contributed by atoms with Crippen LogP contribution in [0.4, 0.5) is 5.69 Å². The average Bonchev–Trinajstić information content (AvgIpc) is 2.54. The largest absolute Gasteiger partial charge is 0.483 e. The van der Waals surface area contributed by atoms with E-state index in [9.17, 15) is 9.59 Å². The number of benzene rings is 2. The third kappa shape index (κ3) is 5.00. The van der Waals surface area contributed by atoms with Gasteiger partial charge in [0.2, 0.25) is 0 Å². The summed E-state index contributed by atoms with van der Waals surface area (Å²) < 4.78 is 5.49. The van der Waals surface area contributed by atoms with Crippen molar-refractivity contribution in [1.29, 1.82) is 0 Å². The van der Waals surface area contributed by atoms with E-state index in [4.69, 9.17) is 9.84 Å². The number of rotatable bonds is 6. The number of hydrogen-bond donors (Lipinski definition) is 2. The molecule has 0 aliphatic heterocycles. The number of carboxylic acid groups (broad SMARTS) is 1. The van der Waals surface area contributed by atoms with E-state index >= 15 is 0 Å². The second-order valence-corrected chi connectivity index (χ2v) is 4.86. The number of anilines is 1. The van der Waals surface area contributed by atoms with Crippen molar-refractivity contribution in [2.45, 2.75) is 6.92 Å². The molecule has 0 saturated carbocycles. The van der Waals surface area contributed by atoms with Gasteiger partial charge in [0.05, 0.1) is 0 Å². The van der Waals surface area contributed by atoms with Crippen molar-refractivity contribution in [2.75, 3.05) is 11.9 Å². The summed E-state index contributed by atoms with van der Waals surface area (Å²) in [4.78, 5) is 22.6. The van der Waals surface area contributed by atoms with Crippen LogP contribution in [0.5, 0.6) is 5.75 Å². The average molecular weight is 311 g/mol. The van der Waals surface area contributed by atoms with Crippen LogP contribution in [0.1, 0.15) is 11.1 Å². The van der Waals surface area contributed by atoms with Crippen molar-refractivity contribution >= 4 is 23.6 Å². The molecule has 2 aromatic carbocycles. The Morgan fingerprint density at radius 1 is 1.13 bits per heavy atom. The number of carboxylic acids is 1. The van der Waals surface area contributed by atoms with E-state index in [0.717, 1.165) is 17.3 Å². The van der Waals surface area contributed by atoms with E-state index in [2.05, 4.69) is 5.32 Å². The Morgan fingerprint density at radius 3 is 2.57 bits per heavy atom. The maximum absolute atomic E-state index is 12.0. The normalized spacial score (nSPS) is 10.5. The molecule has 0 radical (unpaired) electrons. The molecule has 0 heterocycles. The lowest BCUT2D eigenvalue weighted by molar-refractivity contribution is -0.131. The van der Waals surface area contributed by atoms with Gasteiger partial charge in [-0.1, -0.05) is 36.4 Å². The molecule has 1 amide bonds. The molecule has 5 nitrogen and oxygen atoms in total. The fourth-order valence-electron chi connectivity index (χ4n) is 1.95. The number of hydrogen-bond acceptors (Lipinski definition) is 3. The molecule has 0 saturated heterocycles. The zero-order valence-corrected chi connectivity index (χ0v) is 12.7. The van der Waals surface area contributed by atoms with Crippen LogP contribution in [0.25, 0.3) is 6.08 Å². The van der Waals surface area contributed by atoms with Crippen molar-refractivity contribution in [2.24, 2.45) is 0 Å². The van der Waals surface area contributed by atoms with Crippen LogP contribution in [0.2, 0.25) is 0 Å². The lowest BCUT2D eigenvalue weighted by Crippen LogP contribution is -2.20. The highest BCUT2D eigenvalue weighted by Gasteiger charge is 2.07. The topological polar surface area (TPSA) is 75.6 Å². The molecule has 2 N–H and O–H groups in total. The van der Waals surface area contributed by atoms with Gasteiger partial charge in [-0.05, 0) is 30.7 Å². The van der Waals surface area contributed by atoms with Gasteiger partial charge in [0.1, 0.15) is 5.75 Å². The van der Waals surface area contributed by atoms with Gasteiger partial charge >= 0.3 is 5.97 Å². The van der Waals surface area contributed by atoms with Crippen molar-refractivity contribution < 1.29 is 19.4 Å². The van der Waals surface area contributed by atoms with E-state index in [1.807, 2.05) is 31.2 Å². The van der Waals surface area contributed by atoms with Crippen molar-refractivity contribution in [3.63, 3.8) is 0 Å². The van der Waals surface area contributed by atoms with Crippen LogP contribution in [0.3, 0.4) is 0 Å². The molecular formula is C18H17NO4. The van der Waals surface area contributed by atoms with Gasteiger partial charge < -0.3 is 15.2 Å². The summed E-state index contributed by atoms with van der Waals surface area (Å²) in [6.45, 7) is 1.74. The first-order chi connectivity index (χ1) is 11.1. The predicted molar refractivity (Wildman–Crippen MR) is 88.4 cm³/mol. The minimum Gasteiger partial charge on any atom is -0.483 e. The molecule has 0 spiro atoms. The van der Waals surface area contributed by atoms with Gasteiger partial charge in [0.25, 0.3) is 5.91 Å². The van der Waals surface area contributed by atoms with E-state index in [0.29, 0.717) is 11.3 Å². The molecule has 23 heavy (non-hydrogen) atoms. The molecule has 0 atom stereocenters. The Morgan fingerprint density at radius 2 is 1.83 bits per heavy atom. The molecule has 2 rings (SSSR count). The predicted octanol–water partition coefficient (Wildman–Crippen LogP) is 3.11. The zero-order chi connectivity index (χ0) is 16.7. The molecule has 0 unspecified atom stereocenters. The third-order valence-corrected chi connectivity index (χ3v) is 3.10. The summed E-state index contributed by atoms with van der Waals surface area (Å²) in [7, 11) is 0. The summed E-state index contributed by atoms with van der Waals surface area (Å²) in [6.07, 6.45) is 2.45. The Labute approximate surface area is 134 Å². The lowest BCUT2D eigenvalue weighted by atomic mass is 10.2. The van der Waals surface area contributed by atoms with Crippen molar-refractivity contribution in [3.05, 3.63) is 65.7 Å². The summed E-state index contributed by atoms with van der Waals surface area (Å²) in [5.74, 6) is -0.877. The number of carbonyl (C=O) groups excluding carboxylic acids is 1. The molecular weight excluding hydrogens is 294 g/mol. The van der Waals surface area contributed by atoms with Gasteiger partial charge in [-0.2, -0.15) is 0 Å². The highest BCUT2D eigenvalue weighted by molar-refractivity contribution is 5.92. The fraction of sp³-hybridized carbons (Fsp3) is 0.111. The second kappa shape index (κ2) is 7.79. The number of aryl methyl sites for hydroxylation is 1. The Bertz CT molecular complexity index is 737. The summed E-state index contributed by atoms with van der Waals surface area (Å²) >= 11 is 0. The van der Waals surface area contributed by atoms with Crippen LogP contribution < -0.4 is 10.1 Å². The lowest BCUT2D eigenvalue weighted by Gasteiger charge is -2.11. The monoisotopic (exact) mass is 311 g/mol. The van der Waals surface area contributed by atoms with Crippen molar-refractivity contribution in [1.82, 2.24) is 0 Å². The quantitative estimate of drug-likeness (QED) is 0.804. The highest BCUT2D eigenvalue weighted by Crippen LogP contribution is 2.19. The summed E-state index contributed by atoms with van der Waals surface area (Å²) in [5, 5.41) is 11.5. The van der Waals surface area contributed by atoms with E-state index in [1.54, 1.807) is 24.3 Å². The van der Waals surface area contributed by atoms with Gasteiger partial charge in [-0.25, -0.2) is 4.79 Å². The van der Waals surface area contributed by atoms with E-state index < -0.39 is 5.97 Å². The SMILES string of the molecule is Cc1ccccc1NC(=O)COc1ccccc1/C=C/C(=O)O. The minimum atomic E-state index is -1.04. The zero-order valence-electron chi connectivity index (χ0n) is 12.7. The van der Waals surface area contributed by atoms with Gasteiger partial charge in [-0.3, -0.25) is 4.79 Å². The number of nitrogens with one attached hydrogen (secondary N) is 1. The van der Waals surface area contributed by atoms with E-state index in [-0.39, 0.29) is 12.5 Å². The number of carbonyl (C=O) groups is 2. The van der Waals surface area contributed by atoms with Gasteiger partial charge in [0, 0.05) is 17.3 Å². The van der Waals surface area contributed by atoms with Crippen LogP contribution in [-0.2, 0) is 9.59 Å². The first-order valence-corrected chi connectivity index (χ1v) is 7.04. The summed E-state index contributed by atoms with van der Waals surface area (Å²) in [5.41, 5.74) is 2.30. The standard InChI is InChI=1S/C18H17NO4/c1-13-6-2-4-8-15(13)19-17(20)12-23-16-9-5-3-7-14(16)10-11-18(21)22/h2-11H,12H2,1H3,(H,19,20)(H,21,22)/b11-10+. The molecule has 0 aromatic heterocycles. The second-order valence-electron chi connectivity index (χ2n) is 4.86. The molecule has 0 bridgehead atoms. The Kier molecular flexibility index (Phi) is 5.52. The molecule has 0 aliphatic carbocycles.